The first-order chi connectivity index (χ1) is 12.4. The van der Waals surface area contributed by atoms with Crippen LogP contribution >= 0.6 is 29.9 Å². The second-order valence-corrected chi connectivity index (χ2v) is 18.0. The molecule has 3 atom stereocenters. The third-order valence-electron chi connectivity index (χ3n) is 4.71. The van der Waals surface area contributed by atoms with Gasteiger partial charge in [-0.15, -0.1) is 0 Å². The van der Waals surface area contributed by atoms with Gasteiger partial charge in [-0.05, 0) is 35.2 Å². The van der Waals surface area contributed by atoms with Crippen LogP contribution in [-0.4, -0.2) is 76.9 Å². The maximum absolute atomic E-state index is 5.40. The molecule has 3 rings (SSSR count). The lowest BCUT2D eigenvalue weighted by atomic mass is 11.0. The van der Waals surface area contributed by atoms with Crippen LogP contribution in [0.15, 0.2) is 18.1 Å². The van der Waals surface area contributed by atoms with Gasteiger partial charge in [0, 0.05) is 32.3 Å². The predicted molar refractivity (Wildman–Crippen MR) is 116 cm³/mol. The molecule has 0 amide bonds. The fourth-order valence-corrected chi connectivity index (χ4v) is 19.7. The molecule has 15 heteroatoms. The summed E-state index contributed by atoms with van der Waals surface area (Å²) in [5.41, 5.74) is 0. The third kappa shape index (κ3) is 3.74. The molecule has 26 heavy (non-hydrogen) atoms. The van der Waals surface area contributed by atoms with Gasteiger partial charge in [-0.25, -0.2) is 9.34 Å². The van der Waals surface area contributed by atoms with E-state index in [2.05, 4.69) is 41.7 Å². The average molecular weight is 443 g/mol. The molecule has 3 unspecified atom stereocenters. The Morgan fingerprint density at radius 1 is 0.654 bits per heavy atom. The second-order valence-electron chi connectivity index (χ2n) is 6.17. The van der Waals surface area contributed by atoms with Crippen molar-refractivity contribution in [1.29, 1.82) is 0 Å². The van der Waals surface area contributed by atoms with Crippen molar-refractivity contribution in [2.24, 2.45) is 18.1 Å². The second kappa shape index (κ2) is 7.81. The first-order valence-corrected chi connectivity index (χ1v) is 15.8. The highest BCUT2D eigenvalue weighted by molar-refractivity contribution is 7.84. The van der Waals surface area contributed by atoms with Crippen molar-refractivity contribution >= 4 is 29.9 Å². The number of hydrogen-bond donors (Lipinski definition) is 5. The first-order valence-electron chi connectivity index (χ1n) is 8.91. The van der Waals surface area contributed by atoms with Crippen LogP contribution in [0.2, 0.25) is 0 Å². The molecule has 0 aromatic carbocycles. The normalized spacial score (nSPS) is 39.6. The smallest absolute Gasteiger partial charge is 0.217 e. The Labute approximate surface area is 157 Å². The first kappa shape index (κ1) is 21.4. The van der Waals surface area contributed by atoms with Crippen LogP contribution in [0.3, 0.4) is 0 Å². The quantitative estimate of drug-likeness (QED) is 0.289. The Morgan fingerprint density at radius 3 is 1.50 bits per heavy atom. The zero-order valence-corrected chi connectivity index (χ0v) is 20.1. The van der Waals surface area contributed by atoms with E-state index in [0.29, 0.717) is 0 Å². The van der Waals surface area contributed by atoms with Crippen molar-refractivity contribution in [3.63, 3.8) is 0 Å². The van der Waals surface area contributed by atoms with E-state index in [-0.39, 0.29) is 0 Å². The van der Waals surface area contributed by atoms with Crippen molar-refractivity contribution in [3.8, 4) is 0 Å². The summed E-state index contributed by atoms with van der Waals surface area (Å²) < 4.78 is 26.1. The Bertz CT molecular complexity index is 686. The lowest BCUT2D eigenvalue weighted by Gasteiger charge is -2.35. The molecule has 11 nitrogen and oxygen atoms in total. The molecule has 0 radical (unpaired) electrons. The van der Waals surface area contributed by atoms with E-state index in [9.17, 15) is 0 Å². The summed E-state index contributed by atoms with van der Waals surface area (Å²) in [6.45, 7) is 6.22. The van der Waals surface area contributed by atoms with Gasteiger partial charge >= 0.3 is 0 Å². The largest absolute Gasteiger partial charge is 0.269 e. The fourth-order valence-electron chi connectivity index (χ4n) is 2.85. The summed E-state index contributed by atoms with van der Waals surface area (Å²) in [5.74, 6) is 0. The average Bonchev–Trinajstić information content (AvgIpc) is 3.54. The predicted octanol–water partition coefficient (Wildman–Crippen LogP) is 2.62. The maximum Gasteiger partial charge on any atom is 0.217 e. The van der Waals surface area contributed by atoms with Gasteiger partial charge in [-0.1, -0.05) is 6.92 Å². The highest BCUT2D eigenvalue weighted by Gasteiger charge is 2.44. The summed E-state index contributed by atoms with van der Waals surface area (Å²) in [6.07, 6.45) is 0.855. The van der Waals surface area contributed by atoms with Gasteiger partial charge in [-0.2, -0.15) is 18.1 Å². The number of nitrogens with one attached hydrogen (secondary N) is 5. The number of hydrogen-bond acceptors (Lipinski definition) is 11. The van der Waals surface area contributed by atoms with Gasteiger partial charge in [0.25, 0.3) is 0 Å². The van der Waals surface area contributed by atoms with Gasteiger partial charge in [0.1, 0.15) is 7.36 Å². The van der Waals surface area contributed by atoms with Crippen LogP contribution in [-0.2, 0) is 0 Å². The summed E-state index contributed by atoms with van der Waals surface area (Å²) in [7, 11) is 0.740. The zero-order valence-electron chi connectivity index (χ0n) is 16.5. The van der Waals surface area contributed by atoms with Gasteiger partial charge in [0.15, 0.2) is 0 Å². The molecule has 3 aliphatic heterocycles. The van der Waals surface area contributed by atoms with Crippen molar-refractivity contribution < 1.29 is 0 Å². The summed E-state index contributed by atoms with van der Waals surface area (Å²) in [5, 5.41) is 17.3. The Hall–Kier alpha value is 0.640. The molecule has 2 saturated heterocycles. The molecule has 0 aliphatic carbocycles. The lowest BCUT2D eigenvalue weighted by molar-refractivity contribution is 0.864. The maximum atomic E-state index is 5.40. The van der Waals surface area contributed by atoms with Gasteiger partial charge in [0.2, 0.25) is 22.5 Å². The zero-order chi connectivity index (χ0) is 19.1. The number of rotatable bonds is 8. The third-order valence-corrected chi connectivity index (χ3v) is 19.6. The highest BCUT2D eigenvalue weighted by atomic mass is 31.3. The van der Waals surface area contributed by atoms with Crippen molar-refractivity contribution in [1.82, 2.24) is 34.8 Å². The summed E-state index contributed by atoms with van der Waals surface area (Å²) in [4.78, 5) is 0. The minimum Gasteiger partial charge on any atom is -0.269 e. The minimum atomic E-state index is -2.36. The van der Waals surface area contributed by atoms with Crippen LogP contribution in [0, 0.1) is 0 Å². The Morgan fingerprint density at radius 2 is 1.15 bits per heavy atom. The van der Waals surface area contributed by atoms with E-state index in [0.717, 1.165) is 32.3 Å². The number of nitrogens with zero attached hydrogens (tertiary/aromatic N) is 6. The minimum absolute atomic E-state index is 0.855. The van der Waals surface area contributed by atoms with Crippen molar-refractivity contribution in [2.45, 2.75) is 6.92 Å². The van der Waals surface area contributed by atoms with E-state index in [4.69, 9.17) is 18.1 Å². The standard InChI is InChI=1S/C11H33N11P4/c1-7-23(12-2)17-25(15-5,21-8-9-21)19-24(13-3,14-4)20-26(16-6,18-23)22-10-11-22/h12-16H,7-11H2,1-6H3. The van der Waals surface area contributed by atoms with Crippen molar-refractivity contribution in [3.05, 3.63) is 0 Å². The Balaban J connectivity index is 2.40. The molecule has 0 spiro atoms. The molecule has 3 heterocycles. The molecular weight excluding hydrogens is 410 g/mol. The topological polar surface area (TPSA) is 116 Å². The summed E-state index contributed by atoms with van der Waals surface area (Å²) >= 11 is 0. The van der Waals surface area contributed by atoms with Gasteiger partial charge < -0.3 is 0 Å². The summed E-state index contributed by atoms with van der Waals surface area (Å²) in [6, 6.07) is 0. The van der Waals surface area contributed by atoms with Crippen LogP contribution in [0.25, 0.3) is 0 Å². The van der Waals surface area contributed by atoms with Crippen LogP contribution in [0.5, 0.6) is 0 Å². The highest BCUT2D eigenvalue weighted by Crippen LogP contribution is 2.76. The van der Waals surface area contributed by atoms with E-state index >= 15 is 0 Å². The van der Waals surface area contributed by atoms with Gasteiger partial charge in [0.05, 0.1) is 0 Å². The molecule has 0 saturated carbocycles. The molecule has 0 aromatic heterocycles. The van der Waals surface area contributed by atoms with E-state index in [1.165, 1.54) is 0 Å². The van der Waals surface area contributed by atoms with Crippen molar-refractivity contribution in [2.75, 3.05) is 67.6 Å². The fraction of sp³-hybridized carbons (Fsp3) is 1.00. The van der Waals surface area contributed by atoms with E-state index in [1.807, 2.05) is 35.2 Å². The van der Waals surface area contributed by atoms with E-state index < -0.39 is 29.9 Å². The Kier molecular flexibility index (Phi) is 6.42. The van der Waals surface area contributed by atoms with E-state index in [1.54, 1.807) is 0 Å². The molecule has 0 bridgehead atoms. The van der Waals surface area contributed by atoms with Crippen LogP contribution < -0.4 is 25.4 Å². The molecule has 2 fully saturated rings. The lowest BCUT2D eigenvalue weighted by Crippen LogP contribution is -2.20. The molecule has 0 aromatic rings. The molecule has 152 valence electrons. The van der Waals surface area contributed by atoms with Crippen LogP contribution in [0.4, 0.5) is 0 Å². The molecular formula is C11H33N11P4. The molecule has 5 N–H and O–H groups in total. The van der Waals surface area contributed by atoms with Gasteiger partial charge in [-0.3, -0.25) is 25.4 Å². The van der Waals surface area contributed by atoms with Crippen LogP contribution in [0.1, 0.15) is 6.92 Å². The SMILES string of the molecule is CCP1(NC)=NP(NC)(N2CC2)=NP(NC)(NC)=NP(NC)(N2CC2)=N1. The monoisotopic (exact) mass is 443 g/mol. The molecule has 3 aliphatic rings.